The SMILES string of the molecule is CN=C(NCCc1ccccn1)NCC(C)(C)N1CCOCC1. The largest absolute Gasteiger partial charge is 0.379 e. The second-order valence-corrected chi connectivity index (χ2v) is 6.34. The average Bonchev–Trinajstić information content (AvgIpc) is 2.59. The van der Waals surface area contributed by atoms with Gasteiger partial charge in [0.15, 0.2) is 5.96 Å². The van der Waals surface area contributed by atoms with Crippen molar-refractivity contribution >= 4 is 5.96 Å². The number of aromatic nitrogens is 1. The van der Waals surface area contributed by atoms with Crippen LogP contribution in [0.1, 0.15) is 19.5 Å². The maximum atomic E-state index is 5.43. The summed E-state index contributed by atoms with van der Waals surface area (Å²) in [4.78, 5) is 11.1. The van der Waals surface area contributed by atoms with Crippen molar-refractivity contribution in [1.82, 2.24) is 20.5 Å². The Morgan fingerprint density at radius 1 is 1.30 bits per heavy atom. The van der Waals surface area contributed by atoms with Crippen molar-refractivity contribution in [2.75, 3.05) is 46.4 Å². The minimum atomic E-state index is 0.0718. The molecule has 0 amide bonds. The maximum Gasteiger partial charge on any atom is 0.191 e. The number of guanidine groups is 1. The van der Waals surface area contributed by atoms with E-state index in [1.807, 2.05) is 24.4 Å². The number of ether oxygens (including phenoxy) is 1. The Bertz CT molecular complexity index is 483. The summed E-state index contributed by atoms with van der Waals surface area (Å²) in [5, 5.41) is 6.78. The summed E-state index contributed by atoms with van der Waals surface area (Å²) in [5.74, 6) is 0.835. The smallest absolute Gasteiger partial charge is 0.191 e. The lowest BCUT2D eigenvalue weighted by atomic mass is 10.0. The van der Waals surface area contributed by atoms with Crippen LogP contribution < -0.4 is 10.6 Å². The highest BCUT2D eigenvalue weighted by molar-refractivity contribution is 5.79. The first-order valence-corrected chi connectivity index (χ1v) is 8.29. The molecule has 0 radical (unpaired) electrons. The molecule has 128 valence electrons. The molecule has 1 aromatic heterocycles. The third kappa shape index (κ3) is 5.80. The third-order valence-corrected chi connectivity index (χ3v) is 4.18. The first kappa shape index (κ1) is 17.7. The van der Waals surface area contributed by atoms with Crippen molar-refractivity contribution in [3.8, 4) is 0 Å². The van der Waals surface area contributed by atoms with Gasteiger partial charge in [0.05, 0.1) is 13.2 Å². The molecule has 0 unspecified atom stereocenters. The summed E-state index contributed by atoms with van der Waals surface area (Å²) in [6, 6.07) is 5.99. The number of aliphatic imine (C=N–C) groups is 1. The fourth-order valence-corrected chi connectivity index (χ4v) is 2.66. The Morgan fingerprint density at radius 3 is 2.74 bits per heavy atom. The molecule has 1 aliphatic heterocycles. The molecular formula is C17H29N5O. The predicted octanol–water partition coefficient (Wildman–Crippen LogP) is 0.900. The van der Waals surface area contributed by atoms with E-state index in [1.165, 1.54) is 0 Å². The molecule has 2 heterocycles. The van der Waals surface area contributed by atoms with Gasteiger partial charge < -0.3 is 15.4 Å². The molecular weight excluding hydrogens is 290 g/mol. The van der Waals surface area contributed by atoms with Gasteiger partial charge in [-0.3, -0.25) is 14.9 Å². The van der Waals surface area contributed by atoms with Crippen molar-refractivity contribution in [2.24, 2.45) is 4.99 Å². The van der Waals surface area contributed by atoms with Gasteiger partial charge in [-0.15, -0.1) is 0 Å². The van der Waals surface area contributed by atoms with E-state index in [2.05, 4.69) is 39.4 Å². The Morgan fingerprint density at radius 2 is 2.09 bits per heavy atom. The van der Waals surface area contributed by atoms with Crippen LogP contribution in [-0.2, 0) is 11.2 Å². The zero-order valence-corrected chi connectivity index (χ0v) is 14.5. The summed E-state index contributed by atoms with van der Waals surface area (Å²) in [6.07, 6.45) is 2.71. The minimum absolute atomic E-state index is 0.0718. The van der Waals surface area contributed by atoms with Crippen LogP contribution in [0.15, 0.2) is 29.4 Å². The van der Waals surface area contributed by atoms with E-state index in [9.17, 15) is 0 Å². The van der Waals surface area contributed by atoms with Crippen LogP contribution in [0.5, 0.6) is 0 Å². The van der Waals surface area contributed by atoms with Crippen molar-refractivity contribution < 1.29 is 4.74 Å². The molecule has 1 fully saturated rings. The molecule has 0 aliphatic carbocycles. The zero-order chi connectivity index (χ0) is 16.5. The van der Waals surface area contributed by atoms with Gasteiger partial charge in [0, 0.05) is 57.1 Å². The van der Waals surface area contributed by atoms with Crippen LogP contribution in [0.3, 0.4) is 0 Å². The lowest BCUT2D eigenvalue weighted by molar-refractivity contribution is -0.00833. The summed E-state index contributed by atoms with van der Waals surface area (Å²) >= 11 is 0. The zero-order valence-electron chi connectivity index (χ0n) is 14.5. The van der Waals surface area contributed by atoms with E-state index in [1.54, 1.807) is 7.05 Å². The van der Waals surface area contributed by atoms with Gasteiger partial charge in [-0.1, -0.05) is 6.07 Å². The molecule has 2 rings (SSSR count). The molecule has 2 N–H and O–H groups in total. The van der Waals surface area contributed by atoms with Crippen molar-refractivity contribution in [1.29, 1.82) is 0 Å². The molecule has 0 saturated carbocycles. The molecule has 1 aliphatic rings. The van der Waals surface area contributed by atoms with Gasteiger partial charge in [-0.05, 0) is 26.0 Å². The monoisotopic (exact) mass is 319 g/mol. The van der Waals surface area contributed by atoms with Crippen molar-refractivity contribution in [2.45, 2.75) is 25.8 Å². The van der Waals surface area contributed by atoms with Gasteiger partial charge in [0.1, 0.15) is 0 Å². The topological polar surface area (TPSA) is 61.8 Å². The minimum Gasteiger partial charge on any atom is -0.379 e. The summed E-state index contributed by atoms with van der Waals surface area (Å²) in [6.45, 7) is 9.78. The number of morpholine rings is 1. The normalized spacial score (nSPS) is 17.1. The van der Waals surface area contributed by atoms with E-state index in [0.29, 0.717) is 0 Å². The summed E-state index contributed by atoms with van der Waals surface area (Å²) in [5.41, 5.74) is 1.16. The molecule has 1 aromatic rings. The van der Waals surface area contributed by atoms with E-state index < -0.39 is 0 Å². The summed E-state index contributed by atoms with van der Waals surface area (Å²) < 4.78 is 5.43. The highest BCUT2D eigenvalue weighted by atomic mass is 16.5. The Labute approximate surface area is 139 Å². The standard InChI is InChI=1S/C17H29N5O/c1-17(2,22-10-12-23-13-11-22)14-21-16(18-3)20-9-7-15-6-4-5-8-19-15/h4-6,8H,7,9-14H2,1-3H3,(H2,18,20,21). The first-order valence-electron chi connectivity index (χ1n) is 8.29. The van der Waals surface area contributed by atoms with E-state index in [0.717, 1.165) is 57.5 Å². The highest BCUT2D eigenvalue weighted by Crippen LogP contribution is 2.14. The molecule has 6 heteroatoms. The second kappa shape index (κ2) is 8.84. The van der Waals surface area contributed by atoms with E-state index in [4.69, 9.17) is 4.74 Å². The predicted molar refractivity (Wildman–Crippen MR) is 93.8 cm³/mol. The van der Waals surface area contributed by atoms with Crippen LogP contribution >= 0.6 is 0 Å². The fraction of sp³-hybridized carbons (Fsp3) is 0.647. The van der Waals surface area contributed by atoms with Crippen molar-refractivity contribution in [3.63, 3.8) is 0 Å². The van der Waals surface area contributed by atoms with Gasteiger partial charge >= 0.3 is 0 Å². The molecule has 0 atom stereocenters. The Hall–Kier alpha value is -1.66. The molecule has 6 nitrogen and oxygen atoms in total. The van der Waals surface area contributed by atoms with Gasteiger partial charge in [0.2, 0.25) is 0 Å². The van der Waals surface area contributed by atoms with Crippen molar-refractivity contribution in [3.05, 3.63) is 30.1 Å². The van der Waals surface area contributed by atoms with Gasteiger partial charge in [0.25, 0.3) is 0 Å². The van der Waals surface area contributed by atoms with E-state index >= 15 is 0 Å². The first-order chi connectivity index (χ1) is 11.1. The molecule has 23 heavy (non-hydrogen) atoms. The lowest BCUT2D eigenvalue weighted by Gasteiger charge is -2.41. The number of rotatable bonds is 6. The highest BCUT2D eigenvalue weighted by Gasteiger charge is 2.28. The number of hydrogen-bond donors (Lipinski definition) is 2. The number of nitrogens with zero attached hydrogens (tertiary/aromatic N) is 3. The van der Waals surface area contributed by atoms with Crippen LogP contribution in [-0.4, -0.2) is 67.8 Å². The number of pyridine rings is 1. The number of hydrogen-bond acceptors (Lipinski definition) is 4. The lowest BCUT2D eigenvalue weighted by Crippen LogP contribution is -2.56. The average molecular weight is 319 g/mol. The summed E-state index contributed by atoms with van der Waals surface area (Å²) in [7, 11) is 1.80. The molecule has 0 aromatic carbocycles. The fourth-order valence-electron chi connectivity index (χ4n) is 2.66. The quantitative estimate of drug-likeness (QED) is 0.603. The maximum absolute atomic E-state index is 5.43. The second-order valence-electron chi connectivity index (χ2n) is 6.34. The molecule has 0 spiro atoms. The van der Waals surface area contributed by atoms with Gasteiger partial charge in [-0.25, -0.2) is 0 Å². The molecule has 0 bridgehead atoms. The van der Waals surface area contributed by atoms with Gasteiger partial charge in [-0.2, -0.15) is 0 Å². The molecule has 1 saturated heterocycles. The van der Waals surface area contributed by atoms with Crippen LogP contribution in [0.4, 0.5) is 0 Å². The Kier molecular flexibility index (Phi) is 6.80. The third-order valence-electron chi connectivity index (χ3n) is 4.18. The number of nitrogens with one attached hydrogen (secondary N) is 2. The van der Waals surface area contributed by atoms with E-state index in [-0.39, 0.29) is 5.54 Å². The van der Waals surface area contributed by atoms with Crippen LogP contribution in [0.2, 0.25) is 0 Å². The van der Waals surface area contributed by atoms with Crippen LogP contribution in [0, 0.1) is 0 Å². The van der Waals surface area contributed by atoms with Crippen LogP contribution in [0.25, 0.3) is 0 Å². The Balaban J connectivity index is 1.73.